The largest absolute Gasteiger partial charge is 0.480 e. The van der Waals surface area contributed by atoms with E-state index in [1.165, 1.54) is 4.90 Å². The minimum atomic E-state index is -1.15. The summed E-state index contributed by atoms with van der Waals surface area (Å²) in [6.07, 6.45) is -1.34. The Hall–Kier alpha value is -3.48. The zero-order valence-electron chi connectivity index (χ0n) is 23.1. The first-order valence-corrected chi connectivity index (χ1v) is 14.0. The van der Waals surface area contributed by atoms with E-state index in [2.05, 4.69) is 37.9 Å². The van der Waals surface area contributed by atoms with Gasteiger partial charge in [0.25, 0.3) is 0 Å². The van der Waals surface area contributed by atoms with Gasteiger partial charge in [-0.05, 0) is 46.8 Å². The number of rotatable bonds is 7. The number of para-hydroxylation sites is 1. The van der Waals surface area contributed by atoms with E-state index in [9.17, 15) is 19.5 Å². The number of ether oxygens (including phenoxy) is 2. The van der Waals surface area contributed by atoms with Crippen LogP contribution in [0, 0.1) is 0 Å². The number of hydrogen-bond donors (Lipinski definition) is 2. The minimum absolute atomic E-state index is 0.00795. The number of carboxylic acid groups (broad SMARTS) is 1. The van der Waals surface area contributed by atoms with Crippen molar-refractivity contribution in [3.63, 3.8) is 0 Å². The van der Waals surface area contributed by atoms with Crippen molar-refractivity contribution in [3.05, 3.63) is 54.6 Å². The summed E-state index contributed by atoms with van der Waals surface area (Å²) in [5.74, 6) is -0.894. The number of hydrogen-bond acceptors (Lipinski definition) is 7. The third-order valence-electron chi connectivity index (χ3n) is 6.30. The fraction of sp³-hybridized carbons (Fsp3) is 0.414. The number of carbonyl (C=O) groups excluding carboxylic acids is 2. The molecule has 40 heavy (non-hydrogen) atoms. The smallest absolute Gasteiger partial charge is 0.408 e. The van der Waals surface area contributed by atoms with Crippen LogP contribution in [0.5, 0.6) is 5.88 Å². The van der Waals surface area contributed by atoms with Crippen LogP contribution in [0.4, 0.5) is 4.79 Å². The van der Waals surface area contributed by atoms with Crippen LogP contribution >= 0.6 is 22.6 Å². The van der Waals surface area contributed by atoms with E-state index in [0.29, 0.717) is 22.6 Å². The molecule has 0 radical (unpaired) electrons. The van der Waals surface area contributed by atoms with Crippen molar-refractivity contribution in [2.24, 2.45) is 0 Å². The number of halogens is 1. The molecule has 4 rings (SSSR count). The van der Waals surface area contributed by atoms with Crippen LogP contribution in [0.1, 0.15) is 41.0 Å². The second-order valence-electron chi connectivity index (χ2n) is 11.2. The lowest BCUT2D eigenvalue weighted by Gasteiger charge is -2.34. The van der Waals surface area contributed by atoms with Crippen molar-refractivity contribution in [1.29, 1.82) is 0 Å². The van der Waals surface area contributed by atoms with Crippen molar-refractivity contribution in [2.75, 3.05) is 6.54 Å². The lowest BCUT2D eigenvalue weighted by molar-refractivity contribution is -0.149. The molecule has 1 saturated heterocycles. The molecule has 212 valence electrons. The number of carboxylic acids is 1. The first kappa shape index (κ1) is 29.5. The summed E-state index contributed by atoms with van der Waals surface area (Å²) in [7, 11) is 0. The molecule has 0 saturated carbocycles. The summed E-state index contributed by atoms with van der Waals surface area (Å²) in [6, 6.07) is 14.7. The van der Waals surface area contributed by atoms with E-state index in [1.54, 1.807) is 34.6 Å². The maximum Gasteiger partial charge on any atom is 0.408 e. The summed E-state index contributed by atoms with van der Waals surface area (Å²) < 4.78 is 10.9. The molecule has 0 aliphatic carbocycles. The third kappa shape index (κ3) is 6.98. The molecule has 3 atom stereocenters. The molecule has 1 fully saturated rings. The van der Waals surface area contributed by atoms with Crippen molar-refractivity contribution in [1.82, 2.24) is 20.2 Å². The van der Waals surface area contributed by atoms with E-state index in [1.807, 2.05) is 54.6 Å². The van der Waals surface area contributed by atoms with Crippen LogP contribution in [0.3, 0.4) is 0 Å². The van der Waals surface area contributed by atoms with Gasteiger partial charge in [-0.3, -0.25) is 4.79 Å². The highest BCUT2D eigenvalue weighted by Crippen LogP contribution is 2.32. The number of nitrogens with one attached hydrogen (secondary N) is 1. The predicted octanol–water partition coefficient (Wildman–Crippen LogP) is 4.84. The Morgan fingerprint density at radius 2 is 1.68 bits per heavy atom. The van der Waals surface area contributed by atoms with Gasteiger partial charge in [0.15, 0.2) is 5.82 Å². The van der Waals surface area contributed by atoms with Crippen LogP contribution in [0.2, 0.25) is 0 Å². The van der Waals surface area contributed by atoms with Crippen LogP contribution in [-0.2, 0) is 14.3 Å². The second kappa shape index (κ2) is 11.6. The van der Waals surface area contributed by atoms with E-state index >= 15 is 0 Å². The minimum Gasteiger partial charge on any atom is -0.480 e. The Kier molecular flexibility index (Phi) is 8.52. The normalized spacial score (nSPS) is 18.3. The average Bonchev–Trinajstić information content (AvgIpc) is 3.30. The zero-order chi connectivity index (χ0) is 29.2. The fourth-order valence-corrected chi connectivity index (χ4v) is 4.91. The Labute approximate surface area is 246 Å². The molecule has 0 spiro atoms. The van der Waals surface area contributed by atoms with Crippen molar-refractivity contribution >= 4 is 51.5 Å². The SMILES string of the molecule is CC(C)(C)OC(=O)N[C@H](C(=O)N1C[C@H](Oc2nc(-c3ccccc3)nc3ccccc23)C[C@H]1C(=O)O)C(C)(C)I. The lowest BCUT2D eigenvalue weighted by Crippen LogP contribution is -2.58. The van der Waals surface area contributed by atoms with Gasteiger partial charge < -0.3 is 24.8 Å². The molecule has 3 aromatic rings. The standard InChI is InChI=1S/C29H33IN4O6/c1-28(2,3)40-27(38)32-22(29(4,5)30)25(35)34-16-18(15-21(34)26(36)37)39-24-19-13-9-10-14-20(19)31-23(33-24)17-11-7-6-8-12-17/h6-14,18,21-22H,15-16H2,1-5H3,(H,32,38)(H,36,37)/t18-,21+,22-/m1/s1. The van der Waals surface area contributed by atoms with Gasteiger partial charge in [-0.25, -0.2) is 14.6 Å². The van der Waals surface area contributed by atoms with Gasteiger partial charge in [0.2, 0.25) is 11.8 Å². The highest BCUT2D eigenvalue weighted by atomic mass is 127. The van der Waals surface area contributed by atoms with Crippen molar-refractivity contribution in [3.8, 4) is 17.3 Å². The molecular weight excluding hydrogens is 627 g/mol. The maximum absolute atomic E-state index is 13.8. The summed E-state index contributed by atoms with van der Waals surface area (Å²) in [5, 5.41) is 13.3. The quantitative estimate of drug-likeness (QED) is 0.272. The monoisotopic (exact) mass is 660 g/mol. The predicted molar refractivity (Wildman–Crippen MR) is 158 cm³/mol. The first-order valence-electron chi connectivity index (χ1n) is 12.9. The number of alkyl carbamates (subject to hydrolysis) is 1. The number of aromatic nitrogens is 2. The number of nitrogens with zero attached hydrogens (tertiary/aromatic N) is 3. The van der Waals surface area contributed by atoms with E-state index in [4.69, 9.17) is 9.47 Å². The second-order valence-corrected chi connectivity index (χ2v) is 14.0. The molecule has 2 heterocycles. The number of carbonyl (C=O) groups is 3. The van der Waals surface area contributed by atoms with Gasteiger partial charge >= 0.3 is 12.1 Å². The molecule has 1 aliphatic heterocycles. The summed E-state index contributed by atoms with van der Waals surface area (Å²) >= 11 is 2.06. The lowest BCUT2D eigenvalue weighted by atomic mass is 10.0. The molecule has 2 aromatic carbocycles. The van der Waals surface area contributed by atoms with Gasteiger partial charge in [0.1, 0.15) is 23.8 Å². The molecule has 1 aliphatic rings. The van der Waals surface area contributed by atoms with Crippen molar-refractivity contribution < 1.29 is 29.0 Å². The molecular formula is C29H33IN4O6. The summed E-state index contributed by atoms with van der Waals surface area (Å²) in [4.78, 5) is 49.2. The number of fused-ring (bicyclic) bond motifs is 1. The number of amides is 2. The molecule has 0 unspecified atom stereocenters. The first-order chi connectivity index (χ1) is 18.7. The summed E-state index contributed by atoms with van der Waals surface area (Å²) in [5.41, 5.74) is 0.729. The Balaban J connectivity index is 1.62. The fourth-order valence-electron chi connectivity index (χ4n) is 4.49. The van der Waals surface area contributed by atoms with Gasteiger partial charge in [-0.2, -0.15) is 4.98 Å². The third-order valence-corrected chi connectivity index (χ3v) is 6.93. The van der Waals surface area contributed by atoms with Gasteiger partial charge in [-0.15, -0.1) is 0 Å². The molecule has 2 amide bonds. The average molecular weight is 661 g/mol. The Morgan fingerprint density at radius 1 is 1.02 bits per heavy atom. The van der Waals surface area contributed by atoms with Crippen LogP contribution < -0.4 is 10.1 Å². The van der Waals surface area contributed by atoms with Crippen LogP contribution in [-0.4, -0.2) is 71.7 Å². The Morgan fingerprint density at radius 3 is 2.30 bits per heavy atom. The molecule has 1 aromatic heterocycles. The van der Waals surface area contributed by atoms with Gasteiger partial charge in [-0.1, -0.05) is 65.1 Å². The number of benzene rings is 2. The van der Waals surface area contributed by atoms with Crippen LogP contribution in [0.15, 0.2) is 54.6 Å². The van der Waals surface area contributed by atoms with E-state index in [0.717, 1.165) is 5.56 Å². The number of likely N-dealkylation sites (tertiary alicyclic amines) is 1. The van der Waals surface area contributed by atoms with Gasteiger partial charge in [0, 0.05) is 15.4 Å². The molecule has 2 N–H and O–H groups in total. The molecule has 0 bridgehead atoms. The Bertz CT molecular complexity index is 1400. The maximum atomic E-state index is 13.8. The zero-order valence-corrected chi connectivity index (χ0v) is 25.2. The van der Waals surface area contributed by atoms with Crippen molar-refractivity contribution in [2.45, 2.75) is 68.2 Å². The van der Waals surface area contributed by atoms with Gasteiger partial charge in [0.05, 0.1) is 17.4 Å². The molecule has 11 heteroatoms. The van der Waals surface area contributed by atoms with E-state index < -0.39 is 45.2 Å². The molecule has 10 nitrogen and oxygen atoms in total. The summed E-state index contributed by atoms with van der Waals surface area (Å²) in [6.45, 7) is 8.75. The van der Waals surface area contributed by atoms with E-state index in [-0.39, 0.29) is 13.0 Å². The number of alkyl halides is 1. The highest BCUT2D eigenvalue weighted by Gasteiger charge is 2.46. The highest BCUT2D eigenvalue weighted by molar-refractivity contribution is 14.1. The number of aliphatic carboxylic acids is 1. The topological polar surface area (TPSA) is 131 Å². The van der Waals surface area contributed by atoms with Crippen LogP contribution in [0.25, 0.3) is 22.3 Å².